The van der Waals surface area contributed by atoms with E-state index in [1.807, 2.05) is 0 Å². The third-order valence-electron chi connectivity index (χ3n) is 2.26. The fourth-order valence-electron chi connectivity index (χ4n) is 1.02. The molecule has 0 aliphatic heterocycles. The van der Waals surface area contributed by atoms with Gasteiger partial charge in [0.2, 0.25) is 0 Å². The molecule has 0 heterocycles. The molecule has 0 saturated carbocycles. The van der Waals surface area contributed by atoms with Crippen molar-refractivity contribution in [1.82, 2.24) is 0 Å². The molecule has 11 heteroatoms. The summed E-state index contributed by atoms with van der Waals surface area (Å²) in [5, 5.41) is 0. The van der Waals surface area contributed by atoms with Crippen LogP contribution >= 0.6 is 0 Å². The van der Waals surface area contributed by atoms with Gasteiger partial charge in [0.05, 0.1) is 6.26 Å². The van der Waals surface area contributed by atoms with Crippen molar-refractivity contribution in [2.75, 3.05) is 13.2 Å². The van der Waals surface area contributed by atoms with Crippen LogP contribution in [0.4, 0.5) is 35.1 Å². The smallest absolute Gasteiger partial charge is 0.381 e. The second-order valence-corrected chi connectivity index (χ2v) is 3.85. The van der Waals surface area contributed by atoms with Crippen LogP contribution in [0, 0.1) is 0 Å². The molecule has 0 radical (unpaired) electrons. The van der Waals surface area contributed by atoms with Crippen molar-refractivity contribution < 1.29 is 49.4 Å². The highest BCUT2D eigenvalue weighted by Crippen LogP contribution is 2.52. The maximum Gasteiger partial charge on any atom is 0.381 e. The van der Waals surface area contributed by atoms with Gasteiger partial charge >= 0.3 is 29.7 Å². The van der Waals surface area contributed by atoms with E-state index in [2.05, 4.69) is 22.6 Å². The van der Waals surface area contributed by atoms with Crippen molar-refractivity contribution in [3.05, 3.63) is 25.5 Å². The minimum absolute atomic E-state index is 0.242. The summed E-state index contributed by atoms with van der Waals surface area (Å²) in [5.41, 5.74) is 0. The first kappa shape index (κ1) is 20.2. The number of esters is 1. The second kappa shape index (κ2) is 6.53. The van der Waals surface area contributed by atoms with Gasteiger partial charge in [-0.1, -0.05) is 13.2 Å². The number of carbonyl (C=O) groups excluding carboxylic acids is 1. The minimum Gasteiger partial charge on any atom is -0.495 e. The van der Waals surface area contributed by atoms with Crippen LogP contribution < -0.4 is 0 Å². The molecule has 0 saturated heterocycles. The SMILES string of the molecule is C=COCC(F)(F)C(F)(F)C(F)(F)C(F)(F)COC(=O)C=C. The Bertz CT molecular complexity index is 433. The quantitative estimate of drug-likeness (QED) is 0.279. The number of hydrogen-bond acceptors (Lipinski definition) is 3. The maximum absolute atomic E-state index is 13.2. The molecule has 128 valence electrons. The number of carbonyl (C=O) groups is 1. The van der Waals surface area contributed by atoms with Crippen LogP contribution in [0.2, 0.25) is 0 Å². The van der Waals surface area contributed by atoms with Crippen molar-refractivity contribution in [2.24, 2.45) is 0 Å². The summed E-state index contributed by atoms with van der Waals surface area (Å²) in [7, 11) is 0. The van der Waals surface area contributed by atoms with E-state index in [-0.39, 0.29) is 6.26 Å². The highest BCUT2D eigenvalue weighted by molar-refractivity contribution is 5.81. The summed E-state index contributed by atoms with van der Waals surface area (Å²) in [6.45, 7) is 0.609. The first-order valence-electron chi connectivity index (χ1n) is 5.30. The lowest BCUT2D eigenvalue weighted by molar-refractivity contribution is -0.374. The molecule has 3 nitrogen and oxygen atoms in total. The van der Waals surface area contributed by atoms with Gasteiger partial charge in [-0.3, -0.25) is 0 Å². The van der Waals surface area contributed by atoms with Gasteiger partial charge in [0.15, 0.2) is 13.2 Å². The van der Waals surface area contributed by atoms with Gasteiger partial charge in [0, 0.05) is 6.08 Å². The van der Waals surface area contributed by atoms with Gasteiger partial charge in [-0.25, -0.2) is 4.79 Å². The Balaban J connectivity index is 5.42. The van der Waals surface area contributed by atoms with E-state index in [4.69, 9.17) is 0 Å². The molecule has 0 fully saturated rings. The van der Waals surface area contributed by atoms with E-state index in [9.17, 15) is 39.9 Å². The molecule has 0 rings (SSSR count). The van der Waals surface area contributed by atoms with Crippen molar-refractivity contribution in [2.45, 2.75) is 23.7 Å². The van der Waals surface area contributed by atoms with Gasteiger partial charge in [0.1, 0.15) is 0 Å². The third-order valence-corrected chi connectivity index (χ3v) is 2.26. The van der Waals surface area contributed by atoms with Crippen molar-refractivity contribution in [1.29, 1.82) is 0 Å². The average molecular weight is 342 g/mol. The second-order valence-electron chi connectivity index (χ2n) is 3.85. The predicted molar refractivity (Wildman–Crippen MR) is 57.1 cm³/mol. The van der Waals surface area contributed by atoms with Crippen LogP contribution in [-0.4, -0.2) is 42.9 Å². The molecule has 0 unspecified atom stereocenters. The Kier molecular flexibility index (Phi) is 5.99. The maximum atomic E-state index is 13.2. The summed E-state index contributed by atoms with van der Waals surface area (Å²) in [6.07, 6.45) is 0.533. The van der Waals surface area contributed by atoms with Crippen LogP contribution in [-0.2, 0) is 14.3 Å². The largest absolute Gasteiger partial charge is 0.495 e. The predicted octanol–water partition coefficient (Wildman–Crippen LogP) is 3.42. The lowest BCUT2D eigenvalue weighted by Gasteiger charge is -2.36. The lowest BCUT2D eigenvalue weighted by Crippen LogP contribution is -2.64. The average Bonchev–Trinajstić information content (AvgIpc) is 2.41. The molecule has 0 amide bonds. The highest BCUT2D eigenvalue weighted by atomic mass is 19.4. The van der Waals surface area contributed by atoms with Gasteiger partial charge < -0.3 is 9.47 Å². The van der Waals surface area contributed by atoms with Crippen LogP contribution in [0.3, 0.4) is 0 Å². The van der Waals surface area contributed by atoms with E-state index in [1.54, 1.807) is 0 Å². The van der Waals surface area contributed by atoms with Crippen LogP contribution in [0.1, 0.15) is 0 Å². The number of hydrogen-bond donors (Lipinski definition) is 0. The Morgan fingerprint density at radius 1 is 0.864 bits per heavy atom. The summed E-state index contributed by atoms with van der Waals surface area (Å²) < 4.78 is 112. The molecule has 0 spiro atoms. The van der Waals surface area contributed by atoms with Crippen molar-refractivity contribution in [3.63, 3.8) is 0 Å². The zero-order valence-electron chi connectivity index (χ0n) is 10.7. The summed E-state index contributed by atoms with van der Waals surface area (Å²) >= 11 is 0. The van der Waals surface area contributed by atoms with E-state index in [1.165, 1.54) is 0 Å². The van der Waals surface area contributed by atoms with Gasteiger partial charge in [-0.2, -0.15) is 35.1 Å². The number of ether oxygens (including phenoxy) is 2. The Morgan fingerprint density at radius 2 is 1.27 bits per heavy atom. The lowest BCUT2D eigenvalue weighted by atomic mass is 9.99. The zero-order valence-corrected chi connectivity index (χ0v) is 10.7. The number of halogens is 8. The Hall–Kier alpha value is -1.81. The first-order chi connectivity index (χ1) is 9.77. The van der Waals surface area contributed by atoms with Crippen molar-refractivity contribution >= 4 is 5.97 Å². The summed E-state index contributed by atoms with van der Waals surface area (Å²) in [5.74, 6) is -26.1. The first-order valence-corrected chi connectivity index (χ1v) is 5.30. The molecule has 0 N–H and O–H groups in total. The Labute approximate surface area is 119 Å². The third kappa shape index (κ3) is 3.69. The van der Waals surface area contributed by atoms with E-state index >= 15 is 0 Å². The molecule has 0 aromatic carbocycles. The number of rotatable bonds is 9. The van der Waals surface area contributed by atoms with Gasteiger partial charge in [0.25, 0.3) is 0 Å². The van der Waals surface area contributed by atoms with E-state index in [0.29, 0.717) is 6.08 Å². The number of alkyl halides is 8. The van der Waals surface area contributed by atoms with Crippen LogP contribution in [0.5, 0.6) is 0 Å². The molecule has 0 aliphatic carbocycles. The molecular weight excluding hydrogens is 332 g/mol. The monoisotopic (exact) mass is 342 g/mol. The van der Waals surface area contributed by atoms with Crippen LogP contribution in [0.25, 0.3) is 0 Å². The fourth-order valence-corrected chi connectivity index (χ4v) is 1.02. The molecule has 0 bridgehead atoms. The van der Waals surface area contributed by atoms with E-state index < -0.39 is 42.9 Å². The highest BCUT2D eigenvalue weighted by Gasteiger charge is 2.80. The van der Waals surface area contributed by atoms with E-state index in [0.717, 1.165) is 0 Å². The van der Waals surface area contributed by atoms with Gasteiger partial charge in [-0.15, -0.1) is 0 Å². The normalized spacial score (nSPS) is 13.5. The zero-order chi connectivity index (χ0) is 17.8. The topological polar surface area (TPSA) is 35.5 Å². The molecule has 0 atom stereocenters. The van der Waals surface area contributed by atoms with Crippen molar-refractivity contribution in [3.8, 4) is 0 Å². The minimum atomic E-state index is -6.53. The standard InChI is InChI=1S/C11H10F8O3/c1-3-7(20)22-6-9(14,15)11(18,19)10(16,17)8(12,13)5-21-4-2/h3-4H,1-2,5-6H2. The Morgan fingerprint density at radius 3 is 1.64 bits per heavy atom. The summed E-state index contributed by atoms with van der Waals surface area (Å²) in [6, 6.07) is 0. The summed E-state index contributed by atoms with van der Waals surface area (Å²) in [4.78, 5) is 10.5. The molecule has 22 heavy (non-hydrogen) atoms. The fraction of sp³-hybridized carbons (Fsp3) is 0.545. The van der Waals surface area contributed by atoms with Gasteiger partial charge in [-0.05, 0) is 0 Å². The molecular formula is C11H10F8O3. The molecule has 0 aromatic rings. The van der Waals surface area contributed by atoms with Crippen LogP contribution in [0.15, 0.2) is 25.5 Å². The molecule has 0 aromatic heterocycles. The molecule has 0 aliphatic rings.